The maximum atomic E-state index is 5.18. The highest BCUT2D eigenvalue weighted by Gasteiger charge is 2.18. The summed E-state index contributed by atoms with van der Waals surface area (Å²) in [5, 5.41) is 13.1. The smallest absolute Gasteiger partial charge is 0.129 e. The highest BCUT2D eigenvalue weighted by atomic mass is 32.1. The van der Waals surface area contributed by atoms with Gasteiger partial charge in [-0.25, -0.2) is 0 Å². The fourth-order valence-electron chi connectivity index (χ4n) is 1.59. The molecular formula is C10H14N4OS. The number of hydrogen-bond donors (Lipinski definition) is 1. The van der Waals surface area contributed by atoms with E-state index < -0.39 is 0 Å². The van der Waals surface area contributed by atoms with Gasteiger partial charge in [0.1, 0.15) is 5.75 Å². The molecule has 2 rings (SSSR count). The molecule has 5 nitrogen and oxygen atoms in total. The Labute approximate surface area is 98.0 Å². The van der Waals surface area contributed by atoms with Gasteiger partial charge in [0, 0.05) is 17.3 Å². The molecule has 0 aliphatic carbocycles. The van der Waals surface area contributed by atoms with Crippen molar-refractivity contribution in [1.29, 1.82) is 0 Å². The van der Waals surface area contributed by atoms with Gasteiger partial charge in [0.15, 0.2) is 0 Å². The largest absolute Gasteiger partial charge is 0.496 e. The number of nitrogens with one attached hydrogen (secondary N) is 1. The lowest BCUT2D eigenvalue weighted by Gasteiger charge is -2.13. The number of aromatic nitrogens is 3. The standard InChI is InChI=1S/C10H14N4OS/c1-11-10(8-5-12-13-14(8)2)9-4-7(15-3)6-16-9/h4-6,10-11H,1-3H3. The van der Waals surface area contributed by atoms with Crippen molar-refractivity contribution < 1.29 is 4.74 Å². The maximum Gasteiger partial charge on any atom is 0.129 e. The predicted octanol–water partition coefficient (Wildman–Crippen LogP) is 1.19. The van der Waals surface area contributed by atoms with Gasteiger partial charge in [-0.2, -0.15) is 0 Å². The molecule has 0 fully saturated rings. The van der Waals surface area contributed by atoms with Gasteiger partial charge >= 0.3 is 0 Å². The second kappa shape index (κ2) is 4.63. The Morgan fingerprint density at radius 3 is 2.88 bits per heavy atom. The Hall–Kier alpha value is -1.40. The van der Waals surface area contributed by atoms with E-state index in [0.717, 1.165) is 11.4 Å². The number of thiophene rings is 1. The zero-order valence-corrected chi connectivity index (χ0v) is 10.3. The minimum absolute atomic E-state index is 0.105. The van der Waals surface area contributed by atoms with Crippen LogP contribution in [0.3, 0.4) is 0 Å². The minimum atomic E-state index is 0.105. The highest BCUT2D eigenvalue weighted by Crippen LogP contribution is 2.30. The van der Waals surface area contributed by atoms with E-state index in [9.17, 15) is 0 Å². The Bertz CT molecular complexity index is 465. The van der Waals surface area contributed by atoms with Crippen molar-refractivity contribution in [3.8, 4) is 5.75 Å². The normalized spacial score (nSPS) is 12.7. The Morgan fingerprint density at radius 2 is 2.38 bits per heavy atom. The van der Waals surface area contributed by atoms with Crippen LogP contribution >= 0.6 is 11.3 Å². The molecule has 0 aliphatic heterocycles. The Kier molecular flexibility index (Phi) is 3.21. The summed E-state index contributed by atoms with van der Waals surface area (Å²) >= 11 is 1.66. The average molecular weight is 238 g/mol. The number of ether oxygens (including phenoxy) is 1. The fourth-order valence-corrected chi connectivity index (χ4v) is 2.56. The van der Waals surface area contributed by atoms with E-state index in [1.165, 1.54) is 4.88 Å². The summed E-state index contributed by atoms with van der Waals surface area (Å²) in [5.41, 5.74) is 1.03. The molecule has 2 heterocycles. The molecule has 0 saturated carbocycles. The molecule has 0 radical (unpaired) electrons. The van der Waals surface area contributed by atoms with Crippen LogP contribution in [-0.2, 0) is 7.05 Å². The van der Waals surface area contributed by atoms with E-state index in [1.807, 2.05) is 25.5 Å². The van der Waals surface area contributed by atoms with Crippen molar-refractivity contribution in [2.75, 3.05) is 14.2 Å². The average Bonchev–Trinajstić information content (AvgIpc) is 2.90. The first kappa shape index (κ1) is 11.1. The molecule has 1 unspecified atom stereocenters. The van der Waals surface area contributed by atoms with Crippen LogP contribution in [0.1, 0.15) is 16.6 Å². The lowest BCUT2D eigenvalue weighted by atomic mass is 10.2. The zero-order valence-electron chi connectivity index (χ0n) is 9.47. The van der Waals surface area contributed by atoms with Crippen molar-refractivity contribution in [2.45, 2.75) is 6.04 Å². The van der Waals surface area contributed by atoms with Crippen LogP contribution in [0.2, 0.25) is 0 Å². The van der Waals surface area contributed by atoms with E-state index in [0.29, 0.717) is 0 Å². The molecule has 2 aromatic rings. The molecular weight excluding hydrogens is 224 g/mol. The summed E-state index contributed by atoms with van der Waals surface area (Å²) in [4.78, 5) is 1.18. The minimum Gasteiger partial charge on any atom is -0.496 e. The molecule has 0 aromatic carbocycles. The quantitative estimate of drug-likeness (QED) is 0.869. The van der Waals surface area contributed by atoms with Crippen LogP contribution in [0, 0.1) is 0 Å². The first-order valence-corrected chi connectivity index (χ1v) is 5.78. The van der Waals surface area contributed by atoms with Gasteiger partial charge in [-0.05, 0) is 13.1 Å². The summed E-state index contributed by atoms with van der Waals surface area (Å²) in [5.74, 6) is 0.885. The Morgan fingerprint density at radius 1 is 1.56 bits per heavy atom. The summed E-state index contributed by atoms with van der Waals surface area (Å²) in [6, 6.07) is 2.13. The van der Waals surface area contributed by atoms with E-state index in [4.69, 9.17) is 4.74 Å². The first-order chi connectivity index (χ1) is 7.76. The van der Waals surface area contributed by atoms with Crippen molar-refractivity contribution in [1.82, 2.24) is 20.3 Å². The molecule has 0 saturated heterocycles. The van der Waals surface area contributed by atoms with E-state index in [-0.39, 0.29) is 6.04 Å². The van der Waals surface area contributed by atoms with Crippen LogP contribution in [-0.4, -0.2) is 29.2 Å². The van der Waals surface area contributed by atoms with Crippen LogP contribution in [0.5, 0.6) is 5.75 Å². The van der Waals surface area contributed by atoms with Crippen molar-refractivity contribution in [3.63, 3.8) is 0 Å². The third-order valence-electron chi connectivity index (χ3n) is 2.45. The van der Waals surface area contributed by atoms with Gasteiger partial charge in [-0.1, -0.05) is 5.21 Å². The van der Waals surface area contributed by atoms with E-state index in [2.05, 4.69) is 15.6 Å². The maximum absolute atomic E-state index is 5.18. The third kappa shape index (κ3) is 1.94. The number of aryl methyl sites for hydroxylation is 1. The van der Waals surface area contributed by atoms with Crippen LogP contribution in [0.4, 0.5) is 0 Å². The third-order valence-corrected chi connectivity index (χ3v) is 3.43. The second-order valence-corrected chi connectivity index (χ2v) is 4.34. The first-order valence-electron chi connectivity index (χ1n) is 4.90. The van der Waals surface area contributed by atoms with Crippen molar-refractivity contribution in [3.05, 3.63) is 28.2 Å². The summed E-state index contributed by atoms with van der Waals surface area (Å²) in [6.07, 6.45) is 1.77. The van der Waals surface area contributed by atoms with Crippen LogP contribution < -0.4 is 10.1 Å². The van der Waals surface area contributed by atoms with Gasteiger partial charge in [0.2, 0.25) is 0 Å². The highest BCUT2D eigenvalue weighted by molar-refractivity contribution is 7.10. The number of hydrogen-bond acceptors (Lipinski definition) is 5. The molecule has 86 valence electrons. The predicted molar refractivity (Wildman–Crippen MR) is 62.8 cm³/mol. The van der Waals surface area contributed by atoms with Gasteiger partial charge in [-0.3, -0.25) is 4.68 Å². The summed E-state index contributed by atoms with van der Waals surface area (Å²) < 4.78 is 6.95. The molecule has 0 bridgehead atoms. The van der Waals surface area contributed by atoms with Gasteiger partial charge < -0.3 is 10.1 Å². The molecule has 0 aliphatic rings. The molecule has 1 atom stereocenters. The van der Waals surface area contributed by atoms with Crippen LogP contribution in [0.15, 0.2) is 17.6 Å². The second-order valence-electron chi connectivity index (χ2n) is 3.39. The number of rotatable bonds is 4. The molecule has 2 aromatic heterocycles. The topological polar surface area (TPSA) is 52.0 Å². The molecule has 0 spiro atoms. The van der Waals surface area contributed by atoms with Gasteiger partial charge in [0.05, 0.1) is 25.0 Å². The van der Waals surface area contributed by atoms with Crippen molar-refractivity contribution >= 4 is 11.3 Å². The SMILES string of the molecule is CNC(c1cc(OC)cs1)c1cnnn1C. The molecule has 6 heteroatoms. The van der Waals surface area contributed by atoms with E-state index in [1.54, 1.807) is 29.3 Å². The fraction of sp³-hybridized carbons (Fsp3) is 0.400. The number of methoxy groups -OCH3 is 1. The van der Waals surface area contributed by atoms with Crippen LogP contribution in [0.25, 0.3) is 0 Å². The monoisotopic (exact) mass is 238 g/mol. The molecule has 0 amide bonds. The lowest BCUT2D eigenvalue weighted by molar-refractivity contribution is 0.416. The lowest BCUT2D eigenvalue weighted by Crippen LogP contribution is -2.19. The molecule has 16 heavy (non-hydrogen) atoms. The van der Waals surface area contributed by atoms with E-state index >= 15 is 0 Å². The molecule has 1 N–H and O–H groups in total. The number of nitrogens with zero attached hydrogens (tertiary/aromatic N) is 3. The van der Waals surface area contributed by atoms with Gasteiger partial charge in [0.25, 0.3) is 0 Å². The summed E-state index contributed by atoms with van der Waals surface area (Å²) in [7, 11) is 5.48. The van der Waals surface area contributed by atoms with Crippen molar-refractivity contribution in [2.24, 2.45) is 7.05 Å². The van der Waals surface area contributed by atoms with Gasteiger partial charge in [-0.15, -0.1) is 16.4 Å². The Balaban J connectivity index is 2.32. The zero-order chi connectivity index (χ0) is 11.5. The summed E-state index contributed by atoms with van der Waals surface area (Å²) in [6.45, 7) is 0.